The van der Waals surface area contributed by atoms with Gasteiger partial charge in [-0.1, -0.05) is 37.6 Å². The standard InChI is InChI=1S/C15H24N2/c1-2-16-12-14-6-8-15(9-7-14)13-17-10-4-3-5-11-17/h6-9,16H,2-5,10-13H2,1H3. The Morgan fingerprint density at radius 3 is 2.29 bits per heavy atom. The molecule has 2 nitrogen and oxygen atoms in total. The molecule has 1 N–H and O–H groups in total. The lowest BCUT2D eigenvalue weighted by Gasteiger charge is -2.26. The van der Waals surface area contributed by atoms with Gasteiger partial charge in [-0.15, -0.1) is 0 Å². The topological polar surface area (TPSA) is 15.3 Å². The fraction of sp³-hybridized carbons (Fsp3) is 0.600. The van der Waals surface area contributed by atoms with Crippen LogP contribution >= 0.6 is 0 Å². The van der Waals surface area contributed by atoms with E-state index in [4.69, 9.17) is 0 Å². The second kappa shape index (κ2) is 6.77. The summed E-state index contributed by atoms with van der Waals surface area (Å²) in [6.45, 7) is 7.85. The van der Waals surface area contributed by atoms with Crippen LogP contribution in [0.15, 0.2) is 24.3 Å². The number of hydrogen-bond donors (Lipinski definition) is 1. The zero-order valence-corrected chi connectivity index (χ0v) is 10.9. The molecule has 94 valence electrons. The third-order valence-corrected chi connectivity index (χ3v) is 3.46. The molecule has 1 aromatic carbocycles. The van der Waals surface area contributed by atoms with Gasteiger partial charge in [0.15, 0.2) is 0 Å². The quantitative estimate of drug-likeness (QED) is 0.840. The van der Waals surface area contributed by atoms with E-state index in [0.29, 0.717) is 0 Å². The molecule has 0 bridgehead atoms. The molecule has 1 aliphatic heterocycles. The first-order chi connectivity index (χ1) is 8.38. The molecule has 0 unspecified atom stereocenters. The molecule has 1 heterocycles. The van der Waals surface area contributed by atoms with Crippen LogP contribution in [0.5, 0.6) is 0 Å². The van der Waals surface area contributed by atoms with Crippen molar-refractivity contribution in [2.24, 2.45) is 0 Å². The van der Waals surface area contributed by atoms with Gasteiger partial charge >= 0.3 is 0 Å². The molecule has 17 heavy (non-hydrogen) atoms. The summed E-state index contributed by atoms with van der Waals surface area (Å²) in [4.78, 5) is 2.57. The van der Waals surface area contributed by atoms with E-state index in [2.05, 4.69) is 41.4 Å². The molecule has 1 aliphatic rings. The van der Waals surface area contributed by atoms with Crippen molar-refractivity contribution in [3.63, 3.8) is 0 Å². The lowest BCUT2D eigenvalue weighted by Crippen LogP contribution is -2.29. The first-order valence-electron chi connectivity index (χ1n) is 6.89. The minimum absolute atomic E-state index is 0.987. The van der Waals surface area contributed by atoms with Crippen molar-refractivity contribution in [1.29, 1.82) is 0 Å². The van der Waals surface area contributed by atoms with Gasteiger partial charge in [0, 0.05) is 13.1 Å². The minimum Gasteiger partial charge on any atom is -0.313 e. The molecule has 1 saturated heterocycles. The smallest absolute Gasteiger partial charge is 0.0233 e. The Balaban J connectivity index is 1.84. The Labute approximate surface area is 105 Å². The van der Waals surface area contributed by atoms with Gasteiger partial charge in [-0.25, -0.2) is 0 Å². The summed E-state index contributed by atoms with van der Waals surface area (Å²) in [7, 11) is 0. The van der Waals surface area contributed by atoms with Crippen molar-refractivity contribution >= 4 is 0 Å². The zero-order chi connectivity index (χ0) is 11.9. The number of hydrogen-bond acceptors (Lipinski definition) is 2. The average molecular weight is 232 g/mol. The highest BCUT2D eigenvalue weighted by molar-refractivity contribution is 5.22. The number of benzene rings is 1. The largest absolute Gasteiger partial charge is 0.313 e. The third kappa shape index (κ3) is 4.14. The zero-order valence-electron chi connectivity index (χ0n) is 10.9. The molecule has 0 radical (unpaired) electrons. The molecule has 0 spiro atoms. The Bertz CT molecular complexity index is 312. The average Bonchev–Trinajstić information content (AvgIpc) is 2.39. The number of piperidine rings is 1. The number of likely N-dealkylation sites (tertiary alicyclic amines) is 1. The summed E-state index contributed by atoms with van der Waals surface area (Å²) < 4.78 is 0. The Morgan fingerprint density at radius 1 is 1.00 bits per heavy atom. The molecular weight excluding hydrogens is 208 g/mol. The van der Waals surface area contributed by atoms with Crippen LogP contribution in [-0.2, 0) is 13.1 Å². The highest BCUT2D eigenvalue weighted by atomic mass is 15.1. The molecular formula is C15H24N2. The SMILES string of the molecule is CCNCc1ccc(CN2CCCCC2)cc1. The Morgan fingerprint density at radius 2 is 1.65 bits per heavy atom. The van der Waals surface area contributed by atoms with E-state index in [-0.39, 0.29) is 0 Å². The van der Waals surface area contributed by atoms with E-state index in [0.717, 1.165) is 19.6 Å². The van der Waals surface area contributed by atoms with Crippen LogP contribution < -0.4 is 5.32 Å². The van der Waals surface area contributed by atoms with Gasteiger partial charge in [0.1, 0.15) is 0 Å². The van der Waals surface area contributed by atoms with Crippen LogP contribution in [0.1, 0.15) is 37.3 Å². The third-order valence-electron chi connectivity index (χ3n) is 3.46. The van der Waals surface area contributed by atoms with Gasteiger partial charge in [-0.05, 0) is 43.6 Å². The summed E-state index contributed by atoms with van der Waals surface area (Å²) in [5, 5.41) is 3.35. The predicted molar refractivity (Wildman–Crippen MR) is 73.0 cm³/mol. The maximum atomic E-state index is 3.35. The molecule has 0 saturated carbocycles. The summed E-state index contributed by atoms with van der Waals surface area (Å²) in [5.41, 5.74) is 2.83. The van der Waals surface area contributed by atoms with Gasteiger partial charge < -0.3 is 5.32 Å². The number of rotatable bonds is 5. The van der Waals surface area contributed by atoms with Crippen LogP contribution in [-0.4, -0.2) is 24.5 Å². The fourth-order valence-corrected chi connectivity index (χ4v) is 2.41. The second-order valence-corrected chi connectivity index (χ2v) is 4.93. The summed E-state index contributed by atoms with van der Waals surface area (Å²) in [5.74, 6) is 0. The van der Waals surface area contributed by atoms with Crippen LogP contribution in [0.4, 0.5) is 0 Å². The van der Waals surface area contributed by atoms with Gasteiger partial charge in [-0.3, -0.25) is 4.90 Å². The lowest BCUT2D eigenvalue weighted by molar-refractivity contribution is 0.221. The molecule has 1 fully saturated rings. The lowest BCUT2D eigenvalue weighted by atomic mass is 10.1. The van der Waals surface area contributed by atoms with Gasteiger partial charge in [0.25, 0.3) is 0 Å². The van der Waals surface area contributed by atoms with Crippen LogP contribution in [0.25, 0.3) is 0 Å². The minimum atomic E-state index is 0.987. The van der Waals surface area contributed by atoms with E-state index in [1.165, 1.54) is 43.5 Å². The number of nitrogens with zero attached hydrogens (tertiary/aromatic N) is 1. The van der Waals surface area contributed by atoms with E-state index in [1.807, 2.05) is 0 Å². The summed E-state index contributed by atoms with van der Waals surface area (Å²) in [6.07, 6.45) is 4.16. The van der Waals surface area contributed by atoms with E-state index in [1.54, 1.807) is 0 Å². The molecule has 2 heteroatoms. The van der Waals surface area contributed by atoms with Crippen molar-refractivity contribution in [2.45, 2.75) is 39.3 Å². The first kappa shape index (κ1) is 12.6. The monoisotopic (exact) mass is 232 g/mol. The number of nitrogens with one attached hydrogen (secondary N) is 1. The van der Waals surface area contributed by atoms with E-state index in [9.17, 15) is 0 Å². The van der Waals surface area contributed by atoms with Crippen molar-refractivity contribution in [3.8, 4) is 0 Å². The van der Waals surface area contributed by atoms with E-state index < -0.39 is 0 Å². The van der Waals surface area contributed by atoms with Crippen LogP contribution in [0.2, 0.25) is 0 Å². The van der Waals surface area contributed by atoms with Crippen molar-refractivity contribution < 1.29 is 0 Å². The molecule has 0 aromatic heterocycles. The fourth-order valence-electron chi connectivity index (χ4n) is 2.41. The molecule has 0 aliphatic carbocycles. The highest BCUT2D eigenvalue weighted by Crippen LogP contribution is 2.13. The molecule has 0 atom stereocenters. The van der Waals surface area contributed by atoms with Crippen LogP contribution in [0, 0.1) is 0 Å². The van der Waals surface area contributed by atoms with E-state index >= 15 is 0 Å². The summed E-state index contributed by atoms with van der Waals surface area (Å²) in [6, 6.07) is 9.06. The maximum Gasteiger partial charge on any atom is 0.0233 e. The Kier molecular flexibility index (Phi) is 5.02. The maximum absolute atomic E-state index is 3.35. The molecule has 2 rings (SSSR count). The highest BCUT2D eigenvalue weighted by Gasteiger charge is 2.09. The molecule has 1 aromatic rings. The van der Waals surface area contributed by atoms with Crippen LogP contribution in [0.3, 0.4) is 0 Å². The van der Waals surface area contributed by atoms with Gasteiger partial charge in [-0.2, -0.15) is 0 Å². The second-order valence-electron chi connectivity index (χ2n) is 4.93. The van der Waals surface area contributed by atoms with Gasteiger partial charge in [0.05, 0.1) is 0 Å². The molecule has 0 amide bonds. The van der Waals surface area contributed by atoms with Crippen molar-refractivity contribution in [1.82, 2.24) is 10.2 Å². The Hall–Kier alpha value is -0.860. The van der Waals surface area contributed by atoms with Crippen molar-refractivity contribution in [3.05, 3.63) is 35.4 Å². The summed E-state index contributed by atoms with van der Waals surface area (Å²) >= 11 is 0. The first-order valence-corrected chi connectivity index (χ1v) is 6.89. The predicted octanol–water partition coefficient (Wildman–Crippen LogP) is 2.78. The normalized spacial score (nSPS) is 17.2. The van der Waals surface area contributed by atoms with Gasteiger partial charge in [0.2, 0.25) is 0 Å². The van der Waals surface area contributed by atoms with Crippen molar-refractivity contribution in [2.75, 3.05) is 19.6 Å².